The topological polar surface area (TPSA) is 66.7 Å². The van der Waals surface area contributed by atoms with E-state index in [-0.39, 0.29) is 18.0 Å². The summed E-state index contributed by atoms with van der Waals surface area (Å²) in [6.45, 7) is 9.45. The van der Waals surface area contributed by atoms with Crippen LogP contribution in [0.25, 0.3) is 11.5 Å². The number of piperazine rings is 1. The molecule has 0 unspecified atom stereocenters. The maximum absolute atomic E-state index is 14.5. The Balaban J connectivity index is 1.23. The molecular weight excluding hydrogens is 447 g/mol. The number of aromatic nitrogens is 2. The number of nitrogens with zero attached hydrogens (tertiary/aromatic N) is 4. The highest BCUT2D eigenvalue weighted by Crippen LogP contribution is 2.25. The average molecular weight is 476 g/mol. The largest absolute Gasteiger partial charge is 0.492 e. The van der Waals surface area contributed by atoms with Crippen LogP contribution in [-0.2, 0) is 6.54 Å². The normalized spacial score (nSPS) is 15.1. The van der Waals surface area contributed by atoms with Gasteiger partial charge in [-0.2, -0.15) is 8.78 Å². The first kappa shape index (κ1) is 24.0. The third-order valence-corrected chi connectivity index (χ3v) is 5.85. The van der Waals surface area contributed by atoms with Crippen LogP contribution < -0.4 is 10.1 Å². The highest BCUT2D eigenvalue weighted by molar-refractivity contribution is 5.54. The Kier molecular flexibility index (Phi) is 8.02. The summed E-state index contributed by atoms with van der Waals surface area (Å²) in [5.74, 6) is -0.645. The summed E-state index contributed by atoms with van der Waals surface area (Å²) in [5, 5.41) is 9.96. The molecule has 7 nitrogen and oxygen atoms in total. The Morgan fingerprint density at radius 1 is 1.03 bits per heavy atom. The van der Waals surface area contributed by atoms with E-state index in [9.17, 15) is 13.2 Å². The van der Waals surface area contributed by atoms with E-state index in [4.69, 9.17) is 9.15 Å². The number of likely N-dealkylation sites (N-methyl/N-ethyl adjacent to an activating group) is 1. The zero-order valence-corrected chi connectivity index (χ0v) is 19.0. The van der Waals surface area contributed by atoms with E-state index in [1.165, 1.54) is 6.07 Å². The van der Waals surface area contributed by atoms with Gasteiger partial charge in [0.1, 0.15) is 18.2 Å². The molecule has 3 aromatic rings. The molecule has 1 saturated heterocycles. The van der Waals surface area contributed by atoms with Crippen LogP contribution in [-0.4, -0.2) is 65.9 Å². The molecule has 0 atom stereocenters. The van der Waals surface area contributed by atoms with Crippen LogP contribution in [0.5, 0.6) is 5.75 Å². The molecule has 10 heteroatoms. The SMILES string of the molecule is CCN1CCN(CCOc2ccc(NCc3ccc(-c4nnc(C(F)F)o4)cc3F)cc2)CC1. The first-order valence-electron chi connectivity index (χ1n) is 11.3. The van der Waals surface area contributed by atoms with E-state index in [0.29, 0.717) is 12.2 Å². The highest BCUT2D eigenvalue weighted by Gasteiger charge is 2.18. The fraction of sp³-hybridized carbons (Fsp3) is 0.417. The van der Waals surface area contributed by atoms with Crippen molar-refractivity contribution >= 4 is 5.69 Å². The Morgan fingerprint density at radius 2 is 1.76 bits per heavy atom. The minimum absolute atomic E-state index is 0.146. The standard InChI is InChI=1S/C24H28F3N5O2/c1-2-31-9-11-32(12-10-31)13-14-33-20-7-5-19(6-8-20)28-16-18-4-3-17(15-21(18)25)23-29-30-24(34-23)22(26)27/h3-8,15,22,28H,2,9-14,16H2,1H3. The van der Waals surface area contributed by atoms with Gasteiger partial charge in [-0.1, -0.05) is 13.0 Å². The minimum Gasteiger partial charge on any atom is -0.492 e. The molecular formula is C24H28F3N5O2. The molecule has 0 amide bonds. The van der Waals surface area contributed by atoms with Crippen molar-refractivity contribution in [1.82, 2.24) is 20.0 Å². The highest BCUT2D eigenvalue weighted by atomic mass is 19.3. The summed E-state index contributed by atoms with van der Waals surface area (Å²) in [6, 6.07) is 11.8. The van der Waals surface area contributed by atoms with Gasteiger partial charge in [-0.05, 0) is 42.9 Å². The minimum atomic E-state index is -2.87. The molecule has 34 heavy (non-hydrogen) atoms. The number of hydrogen-bond donors (Lipinski definition) is 1. The third-order valence-electron chi connectivity index (χ3n) is 5.85. The Bertz CT molecular complexity index is 1050. The molecule has 0 saturated carbocycles. The number of nitrogens with one attached hydrogen (secondary N) is 1. The van der Waals surface area contributed by atoms with E-state index in [1.54, 1.807) is 12.1 Å². The van der Waals surface area contributed by atoms with Crippen molar-refractivity contribution in [2.45, 2.75) is 19.9 Å². The number of anilines is 1. The van der Waals surface area contributed by atoms with Crippen molar-refractivity contribution in [3.63, 3.8) is 0 Å². The number of halogens is 3. The lowest BCUT2D eigenvalue weighted by atomic mass is 10.1. The predicted molar refractivity (Wildman–Crippen MR) is 122 cm³/mol. The van der Waals surface area contributed by atoms with Gasteiger partial charge in [0, 0.05) is 56.1 Å². The lowest BCUT2D eigenvalue weighted by molar-refractivity contribution is 0.116. The monoisotopic (exact) mass is 475 g/mol. The van der Waals surface area contributed by atoms with Crippen LogP contribution in [0.1, 0.15) is 24.8 Å². The summed E-state index contributed by atoms with van der Waals surface area (Å²) in [5.41, 5.74) is 1.49. The fourth-order valence-corrected chi connectivity index (χ4v) is 3.75. The van der Waals surface area contributed by atoms with E-state index >= 15 is 0 Å². The van der Waals surface area contributed by atoms with Gasteiger partial charge in [-0.15, -0.1) is 10.2 Å². The fourth-order valence-electron chi connectivity index (χ4n) is 3.75. The van der Waals surface area contributed by atoms with Crippen molar-refractivity contribution in [2.24, 2.45) is 0 Å². The van der Waals surface area contributed by atoms with Gasteiger partial charge in [0.2, 0.25) is 5.89 Å². The molecule has 2 aromatic carbocycles. The van der Waals surface area contributed by atoms with Crippen molar-refractivity contribution < 1.29 is 22.3 Å². The van der Waals surface area contributed by atoms with Gasteiger partial charge in [0.15, 0.2) is 0 Å². The average Bonchev–Trinajstić information content (AvgIpc) is 3.35. The van der Waals surface area contributed by atoms with Gasteiger partial charge in [-0.3, -0.25) is 4.90 Å². The predicted octanol–water partition coefficient (Wildman–Crippen LogP) is 4.44. The second-order valence-electron chi connectivity index (χ2n) is 8.05. The van der Waals surface area contributed by atoms with Crippen LogP contribution in [0, 0.1) is 5.82 Å². The van der Waals surface area contributed by atoms with E-state index < -0.39 is 18.1 Å². The molecule has 1 N–H and O–H groups in total. The van der Waals surface area contributed by atoms with Crippen LogP contribution in [0.15, 0.2) is 46.9 Å². The molecule has 1 aliphatic rings. The van der Waals surface area contributed by atoms with Gasteiger partial charge in [0.25, 0.3) is 5.89 Å². The smallest absolute Gasteiger partial charge is 0.314 e. The van der Waals surface area contributed by atoms with E-state index in [1.807, 2.05) is 24.3 Å². The van der Waals surface area contributed by atoms with Gasteiger partial charge >= 0.3 is 6.43 Å². The maximum Gasteiger partial charge on any atom is 0.314 e. The van der Waals surface area contributed by atoms with Crippen molar-refractivity contribution in [3.8, 4) is 17.2 Å². The first-order valence-corrected chi connectivity index (χ1v) is 11.3. The molecule has 182 valence electrons. The van der Waals surface area contributed by atoms with E-state index in [2.05, 4.69) is 32.2 Å². The summed E-state index contributed by atoms with van der Waals surface area (Å²) < 4.78 is 50.4. The molecule has 1 fully saturated rings. The van der Waals surface area contributed by atoms with Gasteiger partial charge in [0.05, 0.1) is 0 Å². The second kappa shape index (κ2) is 11.3. The van der Waals surface area contributed by atoms with E-state index in [0.717, 1.165) is 50.7 Å². The quantitative estimate of drug-likeness (QED) is 0.465. The molecule has 1 aromatic heterocycles. The number of rotatable bonds is 10. The Hall–Kier alpha value is -3.11. The second-order valence-corrected chi connectivity index (χ2v) is 8.05. The number of hydrogen-bond acceptors (Lipinski definition) is 7. The molecule has 0 bridgehead atoms. The van der Waals surface area contributed by atoms with Crippen molar-refractivity contribution in [2.75, 3.05) is 51.2 Å². The van der Waals surface area contributed by atoms with Crippen LogP contribution in [0.2, 0.25) is 0 Å². The molecule has 4 rings (SSSR count). The first-order chi connectivity index (χ1) is 16.5. The summed E-state index contributed by atoms with van der Waals surface area (Å²) in [7, 11) is 0. The van der Waals surface area contributed by atoms with Gasteiger partial charge in [-0.25, -0.2) is 4.39 Å². The third kappa shape index (κ3) is 6.27. The zero-order chi connectivity index (χ0) is 23.9. The van der Waals surface area contributed by atoms with Crippen LogP contribution in [0.3, 0.4) is 0 Å². The number of ether oxygens (including phenoxy) is 1. The molecule has 1 aliphatic heterocycles. The molecule has 0 spiro atoms. The lowest BCUT2D eigenvalue weighted by Gasteiger charge is -2.33. The Morgan fingerprint density at radius 3 is 2.41 bits per heavy atom. The van der Waals surface area contributed by atoms with Crippen LogP contribution in [0.4, 0.5) is 18.9 Å². The van der Waals surface area contributed by atoms with Crippen molar-refractivity contribution in [3.05, 3.63) is 59.7 Å². The maximum atomic E-state index is 14.5. The molecule has 0 aliphatic carbocycles. The summed E-state index contributed by atoms with van der Waals surface area (Å²) in [6.07, 6.45) is -2.87. The van der Waals surface area contributed by atoms with Crippen molar-refractivity contribution in [1.29, 1.82) is 0 Å². The molecule has 2 heterocycles. The Labute approximate surface area is 196 Å². The van der Waals surface area contributed by atoms with Gasteiger partial charge < -0.3 is 19.4 Å². The lowest BCUT2D eigenvalue weighted by Crippen LogP contribution is -2.47. The molecule has 0 radical (unpaired) electrons. The summed E-state index contributed by atoms with van der Waals surface area (Å²) >= 11 is 0. The summed E-state index contributed by atoms with van der Waals surface area (Å²) in [4.78, 5) is 4.86. The number of alkyl halides is 2. The number of benzene rings is 2. The van der Waals surface area contributed by atoms with Crippen LogP contribution >= 0.6 is 0 Å². The zero-order valence-electron chi connectivity index (χ0n) is 19.0.